The minimum atomic E-state index is -0.258. The Morgan fingerprint density at radius 2 is 2.05 bits per heavy atom. The summed E-state index contributed by atoms with van der Waals surface area (Å²) in [7, 11) is 0. The van der Waals surface area contributed by atoms with Crippen molar-refractivity contribution in [3.63, 3.8) is 0 Å². The zero-order chi connectivity index (χ0) is 13.9. The summed E-state index contributed by atoms with van der Waals surface area (Å²) in [5.74, 6) is 0.830. The second-order valence-corrected chi connectivity index (χ2v) is 5.84. The van der Waals surface area contributed by atoms with Gasteiger partial charge in [-0.1, -0.05) is 30.3 Å². The third-order valence-corrected chi connectivity index (χ3v) is 4.60. The molecular weight excluding hydrogens is 254 g/mol. The first-order valence-corrected chi connectivity index (χ1v) is 7.38. The molecule has 1 aliphatic heterocycles. The lowest BCUT2D eigenvalue weighted by molar-refractivity contribution is 0.0387. The van der Waals surface area contributed by atoms with Gasteiger partial charge in [-0.2, -0.15) is 0 Å². The summed E-state index contributed by atoms with van der Waals surface area (Å²) in [4.78, 5) is 13.8. The van der Waals surface area contributed by atoms with Crippen molar-refractivity contribution in [2.45, 2.75) is 32.0 Å². The van der Waals surface area contributed by atoms with Crippen molar-refractivity contribution in [3.8, 4) is 0 Å². The lowest BCUT2D eigenvalue weighted by Crippen LogP contribution is -2.45. The summed E-state index contributed by atoms with van der Waals surface area (Å²) in [5, 5.41) is 9.95. The van der Waals surface area contributed by atoms with Gasteiger partial charge in [0.2, 0.25) is 0 Å². The summed E-state index contributed by atoms with van der Waals surface area (Å²) in [6.45, 7) is 1.70. The van der Waals surface area contributed by atoms with E-state index < -0.39 is 0 Å². The lowest BCUT2D eigenvalue weighted by Gasteiger charge is -2.35. The van der Waals surface area contributed by atoms with Crippen LogP contribution in [0.15, 0.2) is 30.3 Å². The molecule has 2 fully saturated rings. The van der Waals surface area contributed by atoms with E-state index in [4.69, 9.17) is 4.74 Å². The Balaban J connectivity index is 1.53. The van der Waals surface area contributed by atoms with E-state index in [2.05, 4.69) is 0 Å². The van der Waals surface area contributed by atoms with Crippen LogP contribution in [-0.4, -0.2) is 35.3 Å². The largest absolute Gasteiger partial charge is 0.445 e. The SMILES string of the molecule is O=C(OCc1ccccc1)N1CC[C@@H]2CC[C@@H](O)[C@@H]2C1. The van der Waals surface area contributed by atoms with Crippen LogP contribution in [0.25, 0.3) is 0 Å². The predicted molar refractivity (Wildman–Crippen MR) is 75.0 cm³/mol. The molecule has 108 valence electrons. The zero-order valence-electron chi connectivity index (χ0n) is 11.6. The fourth-order valence-electron chi connectivity index (χ4n) is 3.40. The number of ether oxygens (including phenoxy) is 1. The molecule has 3 rings (SSSR count). The van der Waals surface area contributed by atoms with E-state index in [-0.39, 0.29) is 18.1 Å². The van der Waals surface area contributed by atoms with E-state index in [0.29, 0.717) is 19.1 Å². The Kier molecular flexibility index (Phi) is 3.92. The zero-order valence-corrected chi connectivity index (χ0v) is 11.6. The van der Waals surface area contributed by atoms with Gasteiger partial charge in [0.15, 0.2) is 0 Å². The third kappa shape index (κ3) is 2.80. The molecule has 1 aromatic rings. The highest BCUT2D eigenvalue weighted by Gasteiger charge is 2.40. The van der Waals surface area contributed by atoms with Gasteiger partial charge in [-0.05, 0) is 30.7 Å². The van der Waals surface area contributed by atoms with Crippen LogP contribution in [0.2, 0.25) is 0 Å². The van der Waals surface area contributed by atoms with Crippen LogP contribution in [0.5, 0.6) is 0 Å². The van der Waals surface area contributed by atoms with Crippen molar-refractivity contribution >= 4 is 6.09 Å². The van der Waals surface area contributed by atoms with Crippen molar-refractivity contribution in [3.05, 3.63) is 35.9 Å². The molecule has 1 aromatic carbocycles. The topological polar surface area (TPSA) is 49.8 Å². The standard InChI is InChI=1S/C16H21NO3/c18-15-7-6-13-8-9-17(10-14(13)15)16(19)20-11-12-4-2-1-3-5-12/h1-5,13-15,18H,6-11H2/t13-,14+,15+/m0/s1. The molecule has 3 atom stereocenters. The maximum absolute atomic E-state index is 12.1. The molecule has 1 saturated carbocycles. The van der Waals surface area contributed by atoms with Crippen LogP contribution in [0, 0.1) is 11.8 Å². The molecule has 1 heterocycles. The van der Waals surface area contributed by atoms with Gasteiger partial charge < -0.3 is 14.7 Å². The third-order valence-electron chi connectivity index (χ3n) is 4.60. The molecule has 1 N–H and O–H groups in total. The van der Waals surface area contributed by atoms with E-state index >= 15 is 0 Å². The number of fused-ring (bicyclic) bond motifs is 1. The maximum Gasteiger partial charge on any atom is 0.410 e. The van der Waals surface area contributed by atoms with Crippen molar-refractivity contribution in [1.82, 2.24) is 4.90 Å². The molecular formula is C16H21NO3. The number of rotatable bonds is 2. The number of amides is 1. The Morgan fingerprint density at radius 1 is 1.25 bits per heavy atom. The van der Waals surface area contributed by atoms with Gasteiger partial charge in [-0.3, -0.25) is 0 Å². The summed E-state index contributed by atoms with van der Waals surface area (Å²) in [6.07, 6.45) is 2.46. The van der Waals surface area contributed by atoms with Gasteiger partial charge in [0.05, 0.1) is 6.10 Å². The van der Waals surface area contributed by atoms with Crippen molar-refractivity contribution in [1.29, 1.82) is 0 Å². The predicted octanol–water partition coefficient (Wildman–Crippen LogP) is 2.42. The van der Waals surface area contributed by atoms with Crippen LogP contribution < -0.4 is 0 Å². The van der Waals surface area contributed by atoms with Crippen LogP contribution in [0.1, 0.15) is 24.8 Å². The van der Waals surface area contributed by atoms with Gasteiger partial charge in [-0.15, -0.1) is 0 Å². The first kappa shape index (κ1) is 13.4. The average Bonchev–Trinajstić information content (AvgIpc) is 2.87. The van der Waals surface area contributed by atoms with E-state index in [1.165, 1.54) is 0 Å². The highest BCUT2D eigenvalue weighted by molar-refractivity contribution is 5.67. The molecule has 1 amide bonds. The number of benzene rings is 1. The Hall–Kier alpha value is -1.55. The number of piperidine rings is 1. The average molecular weight is 275 g/mol. The van der Waals surface area contributed by atoms with Crippen LogP contribution in [0.4, 0.5) is 4.79 Å². The van der Waals surface area contributed by atoms with Gasteiger partial charge in [0.1, 0.15) is 6.61 Å². The number of hydrogen-bond acceptors (Lipinski definition) is 3. The smallest absolute Gasteiger partial charge is 0.410 e. The van der Waals surface area contributed by atoms with Gasteiger partial charge in [-0.25, -0.2) is 4.79 Å². The molecule has 1 aliphatic carbocycles. The molecule has 2 aliphatic rings. The quantitative estimate of drug-likeness (QED) is 0.901. The highest BCUT2D eigenvalue weighted by atomic mass is 16.6. The highest BCUT2D eigenvalue weighted by Crippen LogP contribution is 2.38. The van der Waals surface area contributed by atoms with Crippen LogP contribution in [0.3, 0.4) is 0 Å². The number of nitrogens with zero attached hydrogens (tertiary/aromatic N) is 1. The summed E-state index contributed by atoms with van der Waals surface area (Å²) in [6, 6.07) is 9.70. The maximum atomic E-state index is 12.1. The first-order chi connectivity index (χ1) is 9.74. The van der Waals surface area contributed by atoms with Crippen LogP contribution in [-0.2, 0) is 11.3 Å². The monoisotopic (exact) mass is 275 g/mol. The number of carbonyl (C=O) groups is 1. The Labute approximate surface area is 119 Å². The minimum absolute atomic E-state index is 0.244. The van der Waals surface area contributed by atoms with Gasteiger partial charge in [0.25, 0.3) is 0 Å². The Morgan fingerprint density at radius 3 is 2.85 bits per heavy atom. The fourth-order valence-corrected chi connectivity index (χ4v) is 3.40. The van der Waals surface area contributed by atoms with E-state index in [9.17, 15) is 9.90 Å². The first-order valence-electron chi connectivity index (χ1n) is 7.38. The van der Waals surface area contributed by atoms with Crippen molar-refractivity contribution in [2.24, 2.45) is 11.8 Å². The summed E-state index contributed by atoms with van der Waals surface area (Å²) in [5.41, 5.74) is 0.997. The van der Waals surface area contributed by atoms with Crippen LogP contribution >= 0.6 is 0 Å². The Bertz CT molecular complexity index is 462. The van der Waals surface area contributed by atoms with Crippen molar-refractivity contribution < 1.29 is 14.6 Å². The van der Waals surface area contributed by atoms with Gasteiger partial charge >= 0.3 is 6.09 Å². The number of hydrogen-bond donors (Lipinski definition) is 1. The fraction of sp³-hybridized carbons (Fsp3) is 0.562. The van der Waals surface area contributed by atoms with Crippen molar-refractivity contribution in [2.75, 3.05) is 13.1 Å². The molecule has 0 bridgehead atoms. The van der Waals surface area contributed by atoms with E-state index in [0.717, 1.165) is 31.4 Å². The summed E-state index contributed by atoms with van der Waals surface area (Å²) >= 11 is 0. The molecule has 0 radical (unpaired) electrons. The molecule has 0 unspecified atom stereocenters. The van der Waals surface area contributed by atoms with E-state index in [1.807, 2.05) is 30.3 Å². The number of likely N-dealkylation sites (tertiary alicyclic amines) is 1. The number of aliphatic hydroxyl groups excluding tert-OH is 1. The van der Waals surface area contributed by atoms with E-state index in [1.54, 1.807) is 4.90 Å². The minimum Gasteiger partial charge on any atom is -0.445 e. The van der Waals surface area contributed by atoms with Gasteiger partial charge in [0, 0.05) is 19.0 Å². The lowest BCUT2D eigenvalue weighted by atomic mass is 9.88. The number of aliphatic hydroxyl groups is 1. The number of carbonyl (C=O) groups excluding carboxylic acids is 1. The molecule has 0 spiro atoms. The summed E-state index contributed by atoms with van der Waals surface area (Å²) < 4.78 is 5.36. The molecule has 20 heavy (non-hydrogen) atoms. The second kappa shape index (κ2) is 5.83. The molecule has 1 saturated heterocycles. The molecule has 0 aromatic heterocycles. The molecule has 4 heteroatoms. The second-order valence-electron chi connectivity index (χ2n) is 5.84. The normalized spacial score (nSPS) is 29.1. The molecule has 4 nitrogen and oxygen atoms in total.